The van der Waals surface area contributed by atoms with Crippen molar-refractivity contribution in [2.75, 3.05) is 5.32 Å². The third-order valence-corrected chi connectivity index (χ3v) is 5.32. The number of hydrogen-bond acceptors (Lipinski definition) is 3. The fraction of sp³-hybridized carbons (Fsp3) is 0.0435. The number of imidazole rings is 1. The van der Waals surface area contributed by atoms with Crippen molar-refractivity contribution in [3.05, 3.63) is 95.9 Å². The van der Waals surface area contributed by atoms with Crippen LogP contribution in [0.25, 0.3) is 5.65 Å². The molecule has 0 aliphatic rings. The summed E-state index contributed by atoms with van der Waals surface area (Å²) in [6, 6.07) is 20.7. The van der Waals surface area contributed by atoms with Crippen molar-refractivity contribution < 1.29 is 4.79 Å². The topological polar surface area (TPSA) is 46.4 Å². The molecule has 0 aliphatic carbocycles. The number of terminal acetylenes is 1. The molecule has 2 heterocycles. The average molecular weight is 383 g/mol. The van der Waals surface area contributed by atoms with Gasteiger partial charge in [0.15, 0.2) is 0 Å². The highest BCUT2D eigenvalue weighted by Gasteiger charge is 2.13. The maximum absolute atomic E-state index is 12.8. The van der Waals surface area contributed by atoms with Gasteiger partial charge in [-0.15, -0.1) is 18.2 Å². The number of amides is 1. The molecular weight excluding hydrogens is 366 g/mol. The summed E-state index contributed by atoms with van der Waals surface area (Å²) in [5, 5.41) is 2.93. The number of hydrogen-bond donors (Lipinski definition) is 1. The maximum Gasteiger partial charge on any atom is 0.256 e. The molecule has 0 fully saturated rings. The number of nitrogens with zero attached hydrogens (tertiary/aromatic N) is 2. The van der Waals surface area contributed by atoms with E-state index in [-0.39, 0.29) is 5.91 Å². The van der Waals surface area contributed by atoms with Gasteiger partial charge in [-0.2, -0.15) is 0 Å². The Bertz CT molecular complexity index is 1160. The Morgan fingerprint density at radius 3 is 2.82 bits per heavy atom. The number of carbonyl (C=O) groups excluding carboxylic acids is 1. The van der Waals surface area contributed by atoms with Crippen LogP contribution in [0.3, 0.4) is 0 Å². The van der Waals surface area contributed by atoms with E-state index in [9.17, 15) is 4.79 Å². The van der Waals surface area contributed by atoms with Crippen LogP contribution < -0.4 is 5.32 Å². The second-order valence-corrected chi connectivity index (χ2v) is 7.18. The Hall–Kier alpha value is -3.49. The summed E-state index contributed by atoms with van der Waals surface area (Å²) in [7, 11) is 0. The van der Waals surface area contributed by atoms with E-state index >= 15 is 0 Å². The fourth-order valence-corrected chi connectivity index (χ4v) is 3.81. The fourth-order valence-electron chi connectivity index (χ4n) is 2.87. The lowest BCUT2D eigenvalue weighted by Gasteiger charge is -2.10. The predicted molar refractivity (Wildman–Crippen MR) is 114 cm³/mol. The predicted octanol–water partition coefficient (Wildman–Crippen LogP) is 4.86. The number of benzene rings is 2. The number of anilines is 1. The van der Waals surface area contributed by atoms with Crippen molar-refractivity contribution in [3.63, 3.8) is 0 Å². The van der Waals surface area contributed by atoms with Crippen molar-refractivity contribution in [2.45, 2.75) is 10.6 Å². The van der Waals surface area contributed by atoms with E-state index in [0.29, 0.717) is 17.0 Å². The first-order chi connectivity index (χ1) is 13.7. The summed E-state index contributed by atoms with van der Waals surface area (Å²) in [5.74, 6) is 3.10. The average Bonchev–Trinajstić information content (AvgIpc) is 3.15. The lowest BCUT2D eigenvalue weighted by Crippen LogP contribution is -2.13. The molecule has 1 amide bonds. The molecule has 5 heteroatoms. The molecule has 0 unspecified atom stereocenters. The number of thioether (sulfide) groups is 1. The molecular formula is C23H17N3OS. The van der Waals surface area contributed by atoms with Crippen LogP contribution in [0.2, 0.25) is 0 Å². The van der Waals surface area contributed by atoms with Gasteiger partial charge in [0.25, 0.3) is 5.91 Å². The number of pyridine rings is 1. The summed E-state index contributed by atoms with van der Waals surface area (Å²) >= 11 is 1.59. The molecule has 0 spiro atoms. The quantitative estimate of drug-likeness (QED) is 0.395. The molecule has 0 aliphatic heterocycles. The molecule has 0 saturated carbocycles. The van der Waals surface area contributed by atoms with Gasteiger partial charge >= 0.3 is 0 Å². The molecule has 0 radical (unpaired) electrons. The third-order valence-electron chi connectivity index (χ3n) is 4.21. The van der Waals surface area contributed by atoms with Crippen LogP contribution in [-0.2, 0) is 5.75 Å². The third kappa shape index (κ3) is 3.93. The SMILES string of the molecule is C#Cc1cccc(NC(=O)c2ccccc2SCc2cn3ccccc3n2)c1. The van der Waals surface area contributed by atoms with Crippen LogP contribution in [0.4, 0.5) is 5.69 Å². The largest absolute Gasteiger partial charge is 0.322 e. The lowest BCUT2D eigenvalue weighted by atomic mass is 10.2. The molecule has 4 aromatic rings. The minimum atomic E-state index is -0.160. The first-order valence-electron chi connectivity index (χ1n) is 8.75. The molecule has 0 saturated heterocycles. The molecule has 0 atom stereocenters. The van der Waals surface area contributed by atoms with Gasteiger partial charge in [0, 0.05) is 34.3 Å². The van der Waals surface area contributed by atoms with Crippen LogP contribution in [0.15, 0.2) is 84.0 Å². The van der Waals surface area contributed by atoms with Gasteiger partial charge in [0.05, 0.1) is 11.3 Å². The first-order valence-corrected chi connectivity index (χ1v) is 9.74. The van der Waals surface area contributed by atoms with Gasteiger partial charge in [-0.3, -0.25) is 4.79 Å². The Labute approximate surface area is 167 Å². The van der Waals surface area contributed by atoms with Crippen molar-refractivity contribution in [1.82, 2.24) is 9.38 Å². The van der Waals surface area contributed by atoms with Crippen molar-refractivity contribution in [3.8, 4) is 12.3 Å². The van der Waals surface area contributed by atoms with Crippen LogP contribution in [0.5, 0.6) is 0 Å². The van der Waals surface area contributed by atoms with E-state index in [1.165, 1.54) is 0 Å². The minimum absolute atomic E-state index is 0.160. The normalized spacial score (nSPS) is 10.5. The van der Waals surface area contributed by atoms with Gasteiger partial charge in [-0.05, 0) is 42.5 Å². The highest BCUT2D eigenvalue weighted by atomic mass is 32.2. The Morgan fingerprint density at radius 1 is 1.11 bits per heavy atom. The van der Waals surface area contributed by atoms with Gasteiger partial charge in [0.2, 0.25) is 0 Å². The molecule has 0 bridgehead atoms. The Morgan fingerprint density at radius 2 is 1.96 bits per heavy atom. The van der Waals surface area contributed by atoms with E-state index < -0.39 is 0 Å². The summed E-state index contributed by atoms with van der Waals surface area (Å²) in [6.45, 7) is 0. The number of rotatable bonds is 5. The number of aromatic nitrogens is 2. The van der Waals surface area contributed by atoms with Crippen molar-refractivity contribution in [1.29, 1.82) is 0 Å². The summed E-state index contributed by atoms with van der Waals surface area (Å²) in [6.07, 6.45) is 9.42. The molecule has 1 N–H and O–H groups in total. The lowest BCUT2D eigenvalue weighted by molar-refractivity contribution is 0.102. The van der Waals surface area contributed by atoms with E-state index in [1.807, 2.05) is 77.5 Å². The van der Waals surface area contributed by atoms with E-state index in [0.717, 1.165) is 21.8 Å². The van der Waals surface area contributed by atoms with E-state index in [2.05, 4.69) is 16.2 Å². The molecule has 136 valence electrons. The van der Waals surface area contributed by atoms with Gasteiger partial charge in [0.1, 0.15) is 5.65 Å². The van der Waals surface area contributed by atoms with Crippen molar-refractivity contribution in [2.24, 2.45) is 0 Å². The minimum Gasteiger partial charge on any atom is -0.322 e. The molecule has 2 aromatic carbocycles. The number of nitrogens with one attached hydrogen (secondary N) is 1. The van der Waals surface area contributed by atoms with Crippen LogP contribution >= 0.6 is 11.8 Å². The van der Waals surface area contributed by atoms with Gasteiger partial charge < -0.3 is 9.72 Å². The van der Waals surface area contributed by atoms with E-state index in [4.69, 9.17) is 6.42 Å². The van der Waals surface area contributed by atoms with Crippen LogP contribution in [0.1, 0.15) is 21.6 Å². The van der Waals surface area contributed by atoms with Gasteiger partial charge in [-0.1, -0.05) is 30.2 Å². The maximum atomic E-state index is 12.8. The second kappa shape index (κ2) is 8.03. The number of fused-ring (bicyclic) bond motifs is 1. The molecule has 28 heavy (non-hydrogen) atoms. The van der Waals surface area contributed by atoms with E-state index in [1.54, 1.807) is 17.8 Å². The van der Waals surface area contributed by atoms with Gasteiger partial charge in [-0.25, -0.2) is 4.98 Å². The summed E-state index contributed by atoms with van der Waals surface area (Å²) in [4.78, 5) is 18.3. The first kappa shape index (κ1) is 17.9. The van der Waals surface area contributed by atoms with Crippen LogP contribution in [-0.4, -0.2) is 15.3 Å². The number of carbonyl (C=O) groups is 1. The Balaban J connectivity index is 1.51. The smallest absolute Gasteiger partial charge is 0.256 e. The molecule has 2 aromatic heterocycles. The summed E-state index contributed by atoms with van der Waals surface area (Å²) in [5.41, 5.74) is 3.92. The highest BCUT2D eigenvalue weighted by molar-refractivity contribution is 7.98. The second-order valence-electron chi connectivity index (χ2n) is 6.16. The van der Waals surface area contributed by atoms with Crippen LogP contribution in [0, 0.1) is 12.3 Å². The molecule has 4 rings (SSSR count). The zero-order valence-electron chi connectivity index (χ0n) is 15.0. The standard InChI is InChI=1S/C23H17N3OS/c1-2-17-8-7-9-18(14-17)25-23(27)20-10-3-4-11-21(20)28-16-19-15-26-13-6-5-12-22(26)24-19/h1,3-15H,16H2,(H,25,27). The Kier molecular flexibility index (Phi) is 5.14. The zero-order chi connectivity index (χ0) is 19.3. The zero-order valence-corrected chi connectivity index (χ0v) is 15.8. The monoisotopic (exact) mass is 383 g/mol. The molecule has 4 nitrogen and oxygen atoms in total. The summed E-state index contributed by atoms with van der Waals surface area (Å²) < 4.78 is 1.99. The highest BCUT2D eigenvalue weighted by Crippen LogP contribution is 2.27. The van der Waals surface area contributed by atoms with Crippen molar-refractivity contribution >= 4 is 29.0 Å².